The molecule has 0 aliphatic carbocycles. The first-order chi connectivity index (χ1) is 17.2. The Balaban J connectivity index is 1.68. The molecule has 1 aromatic heterocycles. The number of carbonyl (C=O) groups is 4. The van der Waals surface area contributed by atoms with Crippen LogP contribution in [0.15, 0.2) is 30.5 Å². The van der Waals surface area contributed by atoms with Crippen LogP contribution in [0.25, 0.3) is 10.9 Å². The molecule has 5 atom stereocenters. The number of nitrogens with zero attached hydrogens (tertiary/aromatic N) is 1. The van der Waals surface area contributed by atoms with Crippen molar-refractivity contribution < 1.29 is 29.4 Å². The molecule has 0 spiro atoms. The lowest BCUT2D eigenvalue weighted by Gasteiger charge is -2.29. The Morgan fingerprint density at radius 2 is 1.92 bits per heavy atom. The number of carbonyl (C=O) groups excluding carboxylic acids is 3. The lowest BCUT2D eigenvalue weighted by Crippen LogP contribution is -2.58. The number of aliphatic carboxylic acids is 1. The third-order valence-corrected chi connectivity index (χ3v) is 6.91. The van der Waals surface area contributed by atoms with Crippen LogP contribution in [0, 0.1) is 5.92 Å². The quantitative estimate of drug-likeness (QED) is 0.253. The molecule has 36 heavy (non-hydrogen) atoms. The second-order valence-electron chi connectivity index (χ2n) is 9.31. The van der Waals surface area contributed by atoms with Gasteiger partial charge in [-0.15, -0.1) is 0 Å². The maximum atomic E-state index is 13.1. The number of aromatic nitrogens is 1. The molecule has 1 saturated heterocycles. The van der Waals surface area contributed by atoms with E-state index in [2.05, 4.69) is 15.6 Å². The minimum absolute atomic E-state index is 0.0641. The number of H-pyrrole nitrogens is 1. The molecule has 1 aliphatic rings. The minimum Gasteiger partial charge on any atom is -0.480 e. The molecule has 3 amide bonds. The van der Waals surface area contributed by atoms with E-state index >= 15 is 0 Å². The van der Waals surface area contributed by atoms with Crippen LogP contribution in [0.5, 0.6) is 0 Å². The predicted octanol–water partition coefficient (Wildman–Crippen LogP) is 0.121. The lowest BCUT2D eigenvalue weighted by molar-refractivity contribution is -0.145. The van der Waals surface area contributed by atoms with E-state index in [4.69, 9.17) is 5.73 Å². The molecular formula is C25H35N5O6. The third kappa shape index (κ3) is 6.03. The van der Waals surface area contributed by atoms with Crippen LogP contribution in [0.1, 0.15) is 38.7 Å². The van der Waals surface area contributed by atoms with Gasteiger partial charge in [0.1, 0.15) is 18.1 Å². The monoisotopic (exact) mass is 501 g/mol. The van der Waals surface area contributed by atoms with Crippen molar-refractivity contribution in [3.63, 3.8) is 0 Å². The highest BCUT2D eigenvalue weighted by atomic mass is 16.4. The van der Waals surface area contributed by atoms with Gasteiger partial charge < -0.3 is 36.5 Å². The van der Waals surface area contributed by atoms with Crippen molar-refractivity contribution in [3.05, 3.63) is 36.0 Å². The van der Waals surface area contributed by atoms with Gasteiger partial charge in [0.25, 0.3) is 0 Å². The molecule has 0 bridgehead atoms. The molecule has 1 aliphatic heterocycles. The molecule has 1 aromatic carbocycles. The van der Waals surface area contributed by atoms with Gasteiger partial charge in [-0.1, -0.05) is 38.5 Å². The number of hydrogen-bond acceptors (Lipinski definition) is 6. The Bertz CT molecular complexity index is 1100. The smallest absolute Gasteiger partial charge is 0.326 e. The zero-order valence-electron chi connectivity index (χ0n) is 20.6. The number of carboxylic acids is 1. The summed E-state index contributed by atoms with van der Waals surface area (Å²) in [6, 6.07) is 3.27. The number of amides is 3. The molecule has 2 aromatic rings. The standard InChI is InChI=1S/C25H35N5O6/c1-3-14(2)21(26)23(33)29-19(13-31)24(34)30-10-6-9-20(30)22(32)28-18(25(35)36)11-15-12-27-17-8-5-4-7-16(15)17/h4-5,7-8,12,14,18-21,27,31H,3,6,9-11,13,26H2,1-2H3,(H,28,32)(H,29,33)(H,35,36). The van der Waals surface area contributed by atoms with Crippen LogP contribution in [0.3, 0.4) is 0 Å². The summed E-state index contributed by atoms with van der Waals surface area (Å²) in [6.07, 6.45) is 3.33. The van der Waals surface area contributed by atoms with Crippen molar-refractivity contribution in [1.29, 1.82) is 0 Å². The number of fused-ring (bicyclic) bond motifs is 1. The lowest BCUT2D eigenvalue weighted by atomic mass is 9.99. The van der Waals surface area contributed by atoms with Gasteiger partial charge in [0, 0.05) is 30.1 Å². The first kappa shape index (κ1) is 27.2. The van der Waals surface area contributed by atoms with Crippen molar-refractivity contribution in [1.82, 2.24) is 20.5 Å². The molecule has 11 nitrogen and oxygen atoms in total. The van der Waals surface area contributed by atoms with E-state index < -0.39 is 54.5 Å². The zero-order valence-corrected chi connectivity index (χ0v) is 20.6. The molecule has 2 heterocycles. The summed E-state index contributed by atoms with van der Waals surface area (Å²) in [5.74, 6) is -3.06. The Kier molecular flexibility index (Phi) is 9.05. The van der Waals surface area contributed by atoms with Crippen molar-refractivity contribution in [2.45, 2.75) is 63.7 Å². The zero-order chi connectivity index (χ0) is 26.4. The van der Waals surface area contributed by atoms with Gasteiger partial charge >= 0.3 is 5.97 Å². The van der Waals surface area contributed by atoms with Crippen LogP contribution in [-0.4, -0.2) is 81.1 Å². The van der Waals surface area contributed by atoms with Gasteiger partial charge in [0.15, 0.2) is 0 Å². The van der Waals surface area contributed by atoms with Crippen molar-refractivity contribution in [3.8, 4) is 0 Å². The summed E-state index contributed by atoms with van der Waals surface area (Å²) < 4.78 is 0. The number of nitrogens with two attached hydrogens (primary N) is 1. The highest BCUT2D eigenvalue weighted by Gasteiger charge is 2.39. The van der Waals surface area contributed by atoms with Gasteiger partial charge in [-0.25, -0.2) is 4.79 Å². The first-order valence-electron chi connectivity index (χ1n) is 12.2. The maximum absolute atomic E-state index is 13.1. The highest BCUT2D eigenvalue weighted by molar-refractivity contribution is 5.95. The Hall–Kier alpha value is -3.44. The fourth-order valence-electron chi connectivity index (χ4n) is 4.46. The van der Waals surface area contributed by atoms with Crippen molar-refractivity contribution in [2.24, 2.45) is 11.7 Å². The number of aliphatic hydroxyl groups is 1. The largest absolute Gasteiger partial charge is 0.480 e. The fraction of sp³-hybridized carbons (Fsp3) is 0.520. The number of benzene rings is 1. The number of aliphatic hydroxyl groups excluding tert-OH is 1. The normalized spacial score (nSPS) is 18.9. The van der Waals surface area contributed by atoms with E-state index in [9.17, 15) is 29.4 Å². The summed E-state index contributed by atoms with van der Waals surface area (Å²) >= 11 is 0. The minimum atomic E-state index is -1.25. The molecular weight excluding hydrogens is 466 g/mol. The third-order valence-electron chi connectivity index (χ3n) is 6.91. The van der Waals surface area contributed by atoms with Gasteiger partial charge in [0.2, 0.25) is 17.7 Å². The van der Waals surface area contributed by atoms with E-state index in [1.165, 1.54) is 4.90 Å². The first-order valence-corrected chi connectivity index (χ1v) is 12.2. The Labute approximate surface area is 209 Å². The summed E-state index contributed by atoms with van der Waals surface area (Å²) in [5.41, 5.74) is 7.55. The SMILES string of the molecule is CCC(C)C(N)C(=O)NC(CO)C(=O)N1CCCC1C(=O)NC(Cc1c[nH]c2ccccc12)C(=O)O. The highest BCUT2D eigenvalue weighted by Crippen LogP contribution is 2.21. The van der Waals surface area contributed by atoms with Crippen LogP contribution in [0.2, 0.25) is 0 Å². The second-order valence-corrected chi connectivity index (χ2v) is 9.31. The number of rotatable bonds is 11. The maximum Gasteiger partial charge on any atom is 0.326 e. The van der Waals surface area contributed by atoms with Crippen LogP contribution in [0.4, 0.5) is 0 Å². The van der Waals surface area contributed by atoms with E-state index in [-0.39, 0.29) is 18.9 Å². The summed E-state index contributed by atoms with van der Waals surface area (Å²) in [5, 5.41) is 25.5. The number of aromatic amines is 1. The Morgan fingerprint density at radius 1 is 1.19 bits per heavy atom. The van der Waals surface area contributed by atoms with Gasteiger partial charge in [-0.2, -0.15) is 0 Å². The van der Waals surface area contributed by atoms with Gasteiger partial charge in [0.05, 0.1) is 12.6 Å². The molecule has 1 fully saturated rings. The average molecular weight is 502 g/mol. The van der Waals surface area contributed by atoms with E-state index in [0.717, 1.165) is 16.5 Å². The van der Waals surface area contributed by atoms with Gasteiger partial charge in [-0.05, 0) is 30.4 Å². The van der Waals surface area contributed by atoms with Crippen LogP contribution < -0.4 is 16.4 Å². The van der Waals surface area contributed by atoms with Crippen LogP contribution >= 0.6 is 0 Å². The van der Waals surface area contributed by atoms with Crippen molar-refractivity contribution in [2.75, 3.05) is 13.2 Å². The van der Waals surface area contributed by atoms with Crippen molar-refractivity contribution >= 4 is 34.6 Å². The van der Waals surface area contributed by atoms with E-state index in [1.54, 1.807) is 6.20 Å². The molecule has 0 radical (unpaired) electrons. The Morgan fingerprint density at radius 3 is 2.58 bits per heavy atom. The van der Waals surface area contributed by atoms with Crippen LogP contribution in [-0.2, 0) is 25.6 Å². The molecule has 196 valence electrons. The van der Waals surface area contributed by atoms with E-state index in [1.807, 2.05) is 38.1 Å². The topological polar surface area (TPSA) is 178 Å². The summed E-state index contributed by atoms with van der Waals surface area (Å²) in [6.45, 7) is 3.31. The number of para-hydroxylation sites is 1. The fourth-order valence-corrected chi connectivity index (χ4v) is 4.46. The molecule has 0 saturated carbocycles. The summed E-state index contributed by atoms with van der Waals surface area (Å²) in [7, 11) is 0. The second kappa shape index (κ2) is 12.0. The number of hydrogen-bond donors (Lipinski definition) is 6. The van der Waals surface area contributed by atoms with Gasteiger partial charge in [-0.3, -0.25) is 14.4 Å². The molecule has 3 rings (SSSR count). The average Bonchev–Trinajstić information content (AvgIpc) is 3.53. The number of nitrogens with one attached hydrogen (secondary N) is 3. The number of likely N-dealkylation sites (tertiary alicyclic amines) is 1. The number of carboxylic acid groups (broad SMARTS) is 1. The summed E-state index contributed by atoms with van der Waals surface area (Å²) in [4.78, 5) is 55.0. The predicted molar refractivity (Wildman–Crippen MR) is 133 cm³/mol. The molecule has 7 N–H and O–H groups in total. The van der Waals surface area contributed by atoms with E-state index in [0.29, 0.717) is 19.3 Å². The molecule has 11 heteroatoms. The molecule has 5 unspecified atom stereocenters.